The van der Waals surface area contributed by atoms with Gasteiger partial charge >= 0.3 is 0 Å². The Morgan fingerprint density at radius 2 is 1.89 bits per heavy atom. The summed E-state index contributed by atoms with van der Waals surface area (Å²) >= 11 is 0. The molecular formula is C22H31N5O. The summed E-state index contributed by atoms with van der Waals surface area (Å²) in [6, 6.07) is 8.33. The van der Waals surface area contributed by atoms with E-state index in [4.69, 9.17) is 0 Å². The smallest absolute Gasteiger partial charge is 0.255 e. The van der Waals surface area contributed by atoms with Crippen LogP contribution < -0.4 is 10.2 Å². The predicted octanol–water partition coefficient (Wildman–Crippen LogP) is 2.63. The maximum atomic E-state index is 12.9. The van der Waals surface area contributed by atoms with Gasteiger partial charge in [0.05, 0.1) is 11.3 Å². The zero-order valence-electron chi connectivity index (χ0n) is 17.4. The highest BCUT2D eigenvalue weighted by molar-refractivity contribution is 5.95. The topological polar surface area (TPSA) is 51.7 Å². The van der Waals surface area contributed by atoms with Crippen molar-refractivity contribution in [1.82, 2.24) is 14.8 Å². The van der Waals surface area contributed by atoms with Gasteiger partial charge in [-0.05, 0) is 51.2 Å². The second kappa shape index (κ2) is 9.06. The molecule has 3 rings (SSSR count). The van der Waals surface area contributed by atoms with Crippen molar-refractivity contribution in [3.05, 3.63) is 53.3 Å². The standard InChI is InChI=1S/C22H31N5O/c1-17-6-5-7-21(18(17)2)26-10-12-27(13-11-26)22(28)19-14-20(16-23-15-19)24-8-9-25(3)4/h5-7,14-16,24H,8-13H2,1-4H3. The maximum absolute atomic E-state index is 12.9. The average molecular weight is 382 g/mol. The lowest BCUT2D eigenvalue weighted by Crippen LogP contribution is -2.49. The quantitative estimate of drug-likeness (QED) is 0.834. The summed E-state index contributed by atoms with van der Waals surface area (Å²) in [5.74, 6) is 0.0596. The number of amides is 1. The molecule has 0 unspecified atom stereocenters. The minimum atomic E-state index is 0.0596. The van der Waals surface area contributed by atoms with Crippen molar-refractivity contribution < 1.29 is 4.79 Å². The lowest BCUT2D eigenvalue weighted by Gasteiger charge is -2.37. The number of rotatable bonds is 6. The van der Waals surface area contributed by atoms with Gasteiger partial charge in [0.2, 0.25) is 0 Å². The highest BCUT2D eigenvalue weighted by atomic mass is 16.2. The second-order valence-electron chi connectivity index (χ2n) is 7.69. The van der Waals surface area contributed by atoms with Crippen molar-refractivity contribution in [3.63, 3.8) is 0 Å². The van der Waals surface area contributed by atoms with Crippen molar-refractivity contribution in [1.29, 1.82) is 0 Å². The number of nitrogens with one attached hydrogen (secondary N) is 1. The fourth-order valence-electron chi connectivity index (χ4n) is 3.49. The number of pyridine rings is 1. The van der Waals surface area contributed by atoms with Crippen LogP contribution >= 0.6 is 0 Å². The summed E-state index contributed by atoms with van der Waals surface area (Å²) in [7, 11) is 4.08. The number of aryl methyl sites for hydroxylation is 1. The van der Waals surface area contributed by atoms with Crippen molar-refractivity contribution >= 4 is 17.3 Å². The van der Waals surface area contributed by atoms with Crippen LogP contribution in [0.5, 0.6) is 0 Å². The molecule has 2 aromatic rings. The van der Waals surface area contributed by atoms with E-state index in [1.165, 1.54) is 16.8 Å². The molecule has 6 heteroatoms. The number of aromatic nitrogens is 1. The van der Waals surface area contributed by atoms with Gasteiger partial charge in [-0.25, -0.2) is 0 Å². The Morgan fingerprint density at radius 3 is 2.61 bits per heavy atom. The third-order valence-corrected chi connectivity index (χ3v) is 5.36. The summed E-state index contributed by atoms with van der Waals surface area (Å²) in [6.07, 6.45) is 3.43. The first kappa shape index (κ1) is 20.1. The number of carbonyl (C=O) groups is 1. The Balaban J connectivity index is 1.60. The van der Waals surface area contributed by atoms with Gasteiger partial charge in [0.25, 0.3) is 5.91 Å². The number of carbonyl (C=O) groups excluding carboxylic acids is 1. The Hall–Kier alpha value is -2.60. The minimum Gasteiger partial charge on any atom is -0.382 e. The van der Waals surface area contributed by atoms with Gasteiger partial charge in [0.15, 0.2) is 0 Å². The van der Waals surface area contributed by atoms with Crippen LogP contribution in [0.3, 0.4) is 0 Å². The molecule has 1 saturated heterocycles. The first-order chi connectivity index (χ1) is 13.5. The number of hydrogen-bond acceptors (Lipinski definition) is 5. The Morgan fingerprint density at radius 1 is 1.14 bits per heavy atom. The van der Waals surface area contributed by atoms with Crippen molar-refractivity contribution in [3.8, 4) is 0 Å². The van der Waals surface area contributed by atoms with E-state index < -0.39 is 0 Å². The number of nitrogens with zero attached hydrogens (tertiary/aromatic N) is 4. The average Bonchev–Trinajstić information content (AvgIpc) is 2.70. The fourth-order valence-corrected chi connectivity index (χ4v) is 3.49. The molecule has 1 aliphatic rings. The molecule has 0 atom stereocenters. The van der Waals surface area contributed by atoms with Gasteiger partial charge in [-0.2, -0.15) is 0 Å². The molecular weight excluding hydrogens is 350 g/mol. The second-order valence-corrected chi connectivity index (χ2v) is 7.69. The van der Waals surface area contributed by atoms with Crippen LogP contribution in [-0.4, -0.2) is 74.1 Å². The summed E-state index contributed by atoms with van der Waals surface area (Å²) in [4.78, 5) is 23.6. The summed E-state index contributed by atoms with van der Waals surface area (Å²) in [5.41, 5.74) is 5.45. The van der Waals surface area contributed by atoms with Crippen LogP contribution in [0.2, 0.25) is 0 Å². The zero-order valence-corrected chi connectivity index (χ0v) is 17.4. The highest BCUT2D eigenvalue weighted by Crippen LogP contribution is 2.24. The Bertz CT molecular complexity index is 812. The molecule has 1 aromatic heterocycles. The number of benzene rings is 1. The number of anilines is 2. The van der Waals surface area contributed by atoms with Crippen LogP contribution in [0.4, 0.5) is 11.4 Å². The molecule has 1 aromatic carbocycles. The monoisotopic (exact) mass is 381 g/mol. The van der Waals surface area contributed by atoms with E-state index in [0.29, 0.717) is 5.56 Å². The molecule has 1 N–H and O–H groups in total. The largest absolute Gasteiger partial charge is 0.382 e. The van der Waals surface area contributed by atoms with Crippen LogP contribution in [0.15, 0.2) is 36.7 Å². The van der Waals surface area contributed by atoms with Crippen LogP contribution in [0.1, 0.15) is 21.5 Å². The molecule has 2 heterocycles. The van der Waals surface area contributed by atoms with Gasteiger partial charge in [-0.3, -0.25) is 9.78 Å². The van der Waals surface area contributed by atoms with E-state index in [2.05, 4.69) is 52.1 Å². The van der Waals surface area contributed by atoms with E-state index in [9.17, 15) is 4.79 Å². The SMILES string of the molecule is Cc1cccc(N2CCN(C(=O)c3cncc(NCCN(C)C)c3)CC2)c1C. The molecule has 0 spiro atoms. The van der Waals surface area contributed by atoms with E-state index in [-0.39, 0.29) is 5.91 Å². The first-order valence-electron chi connectivity index (χ1n) is 9.90. The van der Waals surface area contributed by atoms with Crippen LogP contribution in [0, 0.1) is 13.8 Å². The lowest BCUT2D eigenvalue weighted by molar-refractivity contribution is 0.0746. The molecule has 1 fully saturated rings. The van der Waals surface area contributed by atoms with Gasteiger partial charge in [-0.1, -0.05) is 12.1 Å². The zero-order chi connectivity index (χ0) is 20.1. The van der Waals surface area contributed by atoms with Gasteiger partial charge in [0.1, 0.15) is 0 Å². The van der Waals surface area contributed by atoms with Crippen molar-refractivity contribution in [2.75, 3.05) is 63.6 Å². The molecule has 0 saturated carbocycles. The Labute approximate surface area is 168 Å². The summed E-state index contributed by atoms with van der Waals surface area (Å²) < 4.78 is 0. The molecule has 0 bridgehead atoms. The molecule has 1 aliphatic heterocycles. The number of likely N-dealkylation sites (N-methyl/N-ethyl adjacent to an activating group) is 1. The lowest BCUT2D eigenvalue weighted by atomic mass is 10.1. The molecule has 1 amide bonds. The Kier molecular flexibility index (Phi) is 6.52. The summed E-state index contributed by atoms with van der Waals surface area (Å²) in [5, 5.41) is 3.33. The van der Waals surface area contributed by atoms with Crippen LogP contribution in [-0.2, 0) is 0 Å². The molecule has 150 valence electrons. The molecule has 28 heavy (non-hydrogen) atoms. The third-order valence-electron chi connectivity index (χ3n) is 5.36. The highest BCUT2D eigenvalue weighted by Gasteiger charge is 2.23. The molecule has 0 aliphatic carbocycles. The van der Waals surface area contributed by atoms with E-state index in [1.54, 1.807) is 12.4 Å². The predicted molar refractivity (Wildman–Crippen MR) is 115 cm³/mol. The number of piperazine rings is 1. The van der Waals surface area contributed by atoms with Gasteiger partial charge in [-0.15, -0.1) is 0 Å². The maximum Gasteiger partial charge on any atom is 0.255 e. The minimum absolute atomic E-state index is 0.0596. The van der Waals surface area contributed by atoms with Gasteiger partial charge in [0, 0.05) is 57.3 Å². The van der Waals surface area contributed by atoms with Crippen molar-refractivity contribution in [2.45, 2.75) is 13.8 Å². The first-order valence-corrected chi connectivity index (χ1v) is 9.90. The fraction of sp³-hybridized carbons (Fsp3) is 0.455. The summed E-state index contributed by atoms with van der Waals surface area (Å²) in [6.45, 7) is 9.22. The number of hydrogen-bond donors (Lipinski definition) is 1. The molecule has 6 nitrogen and oxygen atoms in total. The van der Waals surface area contributed by atoms with Crippen LogP contribution in [0.25, 0.3) is 0 Å². The third kappa shape index (κ3) is 4.81. The van der Waals surface area contributed by atoms with Gasteiger partial charge < -0.3 is 20.0 Å². The van der Waals surface area contributed by atoms with E-state index in [0.717, 1.165) is 45.0 Å². The van der Waals surface area contributed by atoms with E-state index >= 15 is 0 Å². The van der Waals surface area contributed by atoms with Crippen molar-refractivity contribution in [2.24, 2.45) is 0 Å². The van der Waals surface area contributed by atoms with E-state index in [1.807, 2.05) is 25.1 Å². The molecule has 0 radical (unpaired) electrons. The normalized spacial score (nSPS) is 14.5.